The largest absolute Gasteiger partial charge is 0.493 e. The first-order chi connectivity index (χ1) is 6.66. The number of hydrogen-bond donors (Lipinski definition) is 0. The van der Waals surface area contributed by atoms with Crippen LogP contribution < -0.4 is 4.74 Å². The van der Waals surface area contributed by atoms with Crippen molar-refractivity contribution < 1.29 is 9.53 Å². The lowest BCUT2D eigenvalue weighted by molar-refractivity contribution is 0.112. The second kappa shape index (κ2) is 3.12. The molecule has 0 amide bonds. The van der Waals surface area contributed by atoms with Gasteiger partial charge < -0.3 is 4.74 Å². The summed E-state index contributed by atoms with van der Waals surface area (Å²) < 4.78 is 5.55. The number of aldehydes is 1. The van der Waals surface area contributed by atoms with Crippen LogP contribution in [-0.4, -0.2) is 12.9 Å². The van der Waals surface area contributed by atoms with Crippen LogP contribution in [0, 0.1) is 20.8 Å². The Labute approximate surface area is 83.9 Å². The van der Waals surface area contributed by atoms with Crippen molar-refractivity contribution in [3.05, 3.63) is 27.8 Å². The third-order valence-electron chi connectivity index (χ3n) is 3.19. The summed E-state index contributed by atoms with van der Waals surface area (Å²) in [4.78, 5) is 11.0. The van der Waals surface area contributed by atoms with Crippen LogP contribution in [0.4, 0.5) is 0 Å². The zero-order chi connectivity index (χ0) is 10.3. The standard InChI is InChI=1S/C12H14O2/c1-7-8(2)11(6-13)10-4-5-14-12(10)9(7)3/h6H,4-5H2,1-3H3. The van der Waals surface area contributed by atoms with Gasteiger partial charge in [-0.25, -0.2) is 0 Å². The summed E-state index contributed by atoms with van der Waals surface area (Å²) >= 11 is 0. The highest BCUT2D eigenvalue weighted by Crippen LogP contribution is 2.35. The Kier molecular flexibility index (Phi) is 2.06. The molecule has 2 nitrogen and oxygen atoms in total. The molecule has 2 heteroatoms. The second-order valence-corrected chi connectivity index (χ2v) is 3.81. The van der Waals surface area contributed by atoms with Crippen molar-refractivity contribution in [2.75, 3.05) is 6.61 Å². The molecular weight excluding hydrogens is 176 g/mol. The van der Waals surface area contributed by atoms with Crippen molar-refractivity contribution in [2.24, 2.45) is 0 Å². The van der Waals surface area contributed by atoms with Crippen LogP contribution in [0.25, 0.3) is 0 Å². The lowest BCUT2D eigenvalue weighted by atomic mass is 9.93. The Morgan fingerprint density at radius 3 is 2.50 bits per heavy atom. The molecule has 74 valence electrons. The highest BCUT2D eigenvalue weighted by molar-refractivity contribution is 5.83. The van der Waals surface area contributed by atoms with Gasteiger partial charge in [-0.1, -0.05) is 0 Å². The molecule has 0 saturated carbocycles. The average molecular weight is 190 g/mol. The molecule has 0 spiro atoms. The van der Waals surface area contributed by atoms with E-state index in [2.05, 4.69) is 6.92 Å². The maximum absolute atomic E-state index is 11.0. The molecule has 1 aliphatic heterocycles. The van der Waals surface area contributed by atoms with E-state index < -0.39 is 0 Å². The number of carbonyl (C=O) groups excluding carboxylic acids is 1. The Bertz CT molecular complexity index is 406. The lowest BCUT2D eigenvalue weighted by Crippen LogP contribution is -1.99. The monoisotopic (exact) mass is 190 g/mol. The molecule has 1 aromatic carbocycles. The first-order valence-electron chi connectivity index (χ1n) is 4.87. The van der Waals surface area contributed by atoms with E-state index in [1.165, 1.54) is 11.1 Å². The molecule has 0 N–H and O–H groups in total. The van der Waals surface area contributed by atoms with Crippen LogP contribution in [0.1, 0.15) is 32.6 Å². The molecule has 14 heavy (non-hydrogen) atoms. The molecule has 1 heterocycles. The quantitative estimate of drug-likeness (QED) is 0.635. The molecule has 0 fully saturated rings. The summed E-state index contributed by atoms with van der Waals surface area (Å²) in [6.45, 7) is 6.81. The second-order valence-electron chi connectivity index (χ2n) is 3.81. The van der Waals surface area contributed by atoms with Crippen molar-refractivity contribution in [2.45, 2.75) is 27.2 Å². The summed E-state index contributed by atoms with van der Waals surface area (Å²) in [6, 6.07) is 0. The maximum atomic E-state index is 11.0. The van der Waals surface area contributed by atoms with Crippen LogP contribution in [-0.2, 0) is 6.42 Å². The summed E-state index contributed by atoms with van der Waals surface area (Å²) in [5, 5.41) is 0. The number of benzene rings is 1. The fourth-order valence-corrected chi connectivity index (χ4v) is 2.09. The molecule has 0 saturated heterocycles. The van der Waals surface area contributed by atoms with Gasteiger partial charge in [0.2, 0.25) is 0 Å². The van der Waals surface area contributed by atoms with Gasteiger partial charge in [0.15, 0.2) is 6.29 Å². The van der Waals surface area contributed by atoms with Crippen LogP contribution in [0.15, 0.2) is 0 Å². The van der Waals surface area contributed by atoms with Crippen molar-refractivity contribution in [1.82, 2.24) is 0 Å². The number of fused-ring (bicyclic) bond motifs is 1. The molecule has 0 aromatic heterocycles. The molecule has 0 unspecified atom stereocenters. The van der Waals surface area contributed by atoms with Gasteiger partial charge >= 0.3 is 0 Å². The third-order valence-corrected chi connectivity index (χ3v) is 3.19. The molecule has 0 bridgehead atoms. The van der Waals surface area contributed by atoms with E-state index in [4.69, 9.17) is 4.74 Å². The fourth-order valence-electron chi connectivity index (χ4n) is 2.09. The molecule has 0 atom stereocenters. The van der Waals surface area contributed by atoms with Crippen LogP contribution >= 0.6 is 0 Å². The summed E-state index contributed by atoms with van der Waals surface area (Å²) in [5.74, 6) is 0.940. The Balaban J connectivity index is 2.80. The van der Waals surface area contributed by atoms with E-state index in [0.29, 0.717) is 6.61 Å². The normalized spacial score (nSPS) is 13.6. The lowest BCUT2D eigenvalue weighted by Gasteiger charge is -2.13. The molecule has 0 radical (unpaired) electrons. The van der Waals surface area contributed by atoms with Gasteiger partial charge in [-0.2, -0.15) is 0 Å². The SMILES string of the molecule is Cc1c(C)c(C=O)c2c(c1C)OCC2. The highest BCUT2D eigenvalue weighted by atomic mass is 16.5. The van der Waals surface area contributed by atoms with Gasteiger partial charge in [-0.3, -0.25) is 4.79 Å². The predicted molar refractivity (Wildman–Crippen MR) is 55.2 cm³/mol. The summed E-state index contributed by atoms with van der Waals surface area (Å²) in [7, 11) is 0. The molecule has 0 aliphatic carbocycles. The fraction of sp³-hybridized carbons (Fsp3) is 0.417. The molecule has 1 aromatic rings. The van der Waals surface area contributed by atoms with Crippen LogP contribution in [0.3, 0.4) is 0 Å². The minimum absolute atomic E-state index is 0.708. The van der Waals surface area contributed by atoms with Crippen LogP contribution in [0.5, 0.6) is 5.75 Å². The van der Waals surface area contributed by atoms with E-state index >= 15 is 0 Å². The van der Waals surface area contributed by atoms with Crippen molar-refractivity contribution >= 4 is 6.29 Å². The summed E-state index contributed by atoms with van der Waals surface area (Å²) in [5.41, 5.74) is 5.39. The van der Waals surface area contributed by atoms with Crippen molar-refractivity contribution in [1.29, 1.82) is 0 Å². The molecule has 2 rings (SSSR count). The van der Waals surface area contributed by atoms with E-state index in [9.17, 15) is 4.79 Å². The third kappa shape index (κ3) is 1.07. The van der Waals surface area contributed by atoms with E-state index in [-0.39, 0.29) is 0 Å². The average Bonchev–Trinajstić information content (AvgIpc) is 2.64. The van der Waals surface area contributed by atoms with Gasteiger partial charge in [0.1, 0.15) is 5.75 Å². The van der Waals surface area contributed by atoms with Gasteiger partial charge in [0.05, 0.1) is 6.61 Å². The maximum Gasteiger partial charge on any atom is 0.150 e. The number of carbonyl (C=O) groups is 1. The van der Waals surface area contributed by atoms with E-state index in [1.807, 2.05) is 13.8 Å². The predicted octanol–water partition coefficient (Wildman–Crippen LogP) is 2.36. The minimum atomic E-state index is 0.708. The minimum Gasteiger partial charge on any atom is -0.493 e. The molecular formula is C12H14O2. The smallest absolute Gasteiger partial charge is 0.150 e. The zero-order valence-corrected chi connectivity index (χ0v) is 8.81. The summed E-state index contributed by atoms with van der Waals surface area (Å²) in [6.07, 6.45) is 1.82. The number of rotatable bonds is 1. The number of hydrogen-bond acceptors (Lipinski definition) is 2. The number of ether oxygens (including phenoxy) is 1. The zero-order valence-electron chi connectivity index (χ0n) is 8.81. The Hall–Kier alpha value is -1.31. The first kappa shape index (κ1) is 9.25. The highest BCUT2D eigenvalue weighted by Gasteiger charge is 2.22. The van der Waals surface area contributed by atoms with Gasteiger partial charge in [-0.15, -0.1) is 0 Å². The van der Waals surface area contributed by atoms with Crippen molar-refractivity contribution in [3.8, 4) is 5.75 Å². The topological polar surface area (TPSA) is 26.3 Å². The van der Waals surface area contributed by atoms with Gasteiger partial charge in [-0.05, 0) is 37.5 Å². The van der Waals surface area contributed by atoms with Gasteiger partial charge in [0.25, 0.3) is 0 Å². The first-order valence-corrected chi connectivity index (χ1v) is 4.87. The van der Waals surface area contributed by atoms with Crippen LogP contribution in [0.2, 0.25) is 0 Å². The van der Waals surface area contributed by atoms with E-state index in [1.54, 1.807) is 0 Å². The Morgan fingerprint density at radius 2 is 1.86 bits per heavy atom. The molecule has 1 aliphatic rings. The van der Waals surface area contributed by atoms with Gasteiger partial charge in [0, 0.05) is 17.5 Å². The van der Waals surface area contributed by atoms with Crippen molar-refractivity contribution in [3.63, 3.8) is 0 Å². The van der Waals surface area contributed by atoms with E-state index in [0.717, 1.165) is 35.1 Å². The Morgan fingerprint density at radius 1 is 1.14 bits per heavy atom.